The van der Waals surface area contributed by atoms with E-state index in [4.69, 9.17) is 11.6 Å². The fourth-order valence-electron chi connectivity index (χ4n) is 1.45. The van der Waals surface area contributed by atoms with Crippen LogP contribution in [0, 0.1) is 9.39 Å². The fraction of sp³-hybridized carbons (Fsp3) is 0. The smallest absolute Gasteiger partial charge is 0.256 e. The van der Waals surface area contributed by atoms with Crippen molar-refractivity contribution in [3.8, 4) is 0 Å². The van der Waals surface area contributed by atoms with Crippen LogP contribution in [-0.4, -0.2) is 5.91 Å². The zero-order valence-corrected chi connectivity index (χ0v) is 13.9. The normalized spacial score (nSPS) is 10.3. The molecule has 0 spiro atoms. The largest absolute Gasteiger partial charge is 0.319 e. The van der Waals surface area contributed by atoms with Crippen LogP contribution in [0.3, 0.4) is 0 Å². The van der Waals surface area contributed by atoms with Gasteiger partial charge in [0.2, 0.25) is 0 Å². The highest BCUT2D eigenvalue weighted by Gasteiger charge is 2.13. The number of benzene rings is 2. The second-order valence-electron chi connectivity index (χ2n) is 3.70. The van der Waals surface area contributed by atoms with Crippen molar-refractivity contribution in [1.82, 2.24) is 0 Å². The van der Waals surface area contributed by atoms with E-state index in [9.17, 15) is 9.18 Å². The zero-order chi connectivity index (χ0) is 14.0. The van der Waals surface area contributed by atoms with Gasteiger partial charge >= 0.3 is 0 Å². The van der Waals surface area contributed by atoms with Gasteiger partial charge in [-0.2, -0.15) is 0 Å². The summed E-state index contributed by atoms with van der Waals surface area (Å²) < 4.78 is 15.0. The van der Waals surface area contributed by atoms with Crippen molar-refractivity contribution >= 4 is 61.7 Å². The van der Waals surface area contributed by atoms with Crippen molar-refractivity contribution in [3.63, 3.8) is 0 Å². The lowest BCUT2D eigenvalue weighted by molar-refractivity contribution is 0.102. The number of hydrogen-bond acceptors (Lipinski definition) is 1. The molecule has 0 aliphatic rings. The predicted octanol–water partition coefficient (Wildman–Crippen LogP) is 5.10. The Morgan fingerprint density at radius 3 is 2.74 bits per heavy atom. The molecule has 2 aromatic carbocycles. The molecule has 0 radical (unpaired) electrons. The molecule has 98 valence electrons. The highest BCUT2D eigenvalue weighted by Crippen LogP contribution is 2.23. The molecule has 2 nitrogen and oxygen atoms in total. The molecule has 0 aromatic heterocycles. The second kappa shape index (κ2) is 6.19. The van der Waals surface area contributed by atoms with E-state index in [1.54, 1.807) is 24.3 Å². The molecule has 0 fully saturated rings. The quantitative estimate of drug-likeness (QED) is 0.629. The summed E-state index contributed by atoms with van der Waals surface area (Å²) in [6, 6.07) is 9.32. The Kier molecular flexibility index (Phi) is 4.81. The van der Waals surface area contributed by atoms with Crippen LogP contribution in [0.1, 0.15) is 10.4 Å². The highest BCUT2D eigenvalue weighted by molar-refractivity contribution is 14.1. The van der Waals surface area contributed by atoms with E-state index in [0.717, 1.165) is 3.57 Å². The molecule has 1 amide bonds. The Morgan fingerprint density at radius 1 is 1.26 bits per heavy atom. The molecule has 0 heterocycles. The van der Waals surface area contributed by atoms with Crippen LogP contribution in [0.2, 0.25) is 5.02 Å². The lowest BCUT2D eigenvalue weighted by Gasteiger charge is -2.08. The Morgan fingerprint density at radius 2 is 2.00 bits per heavy atom. The molecule has 0 aliphatic heterocycles. The molecule has 19 heavy (non-hydrogen) atoms. The summed E-state index contributed by atoms with van der Waals surface area (Å²) in [5.74, 6) is -0.891. The van der Waals surface area contributed by atoms with Gasteiger partial charge in [-0.3, -0.25) is 4.79 Å². The van der Waals surface area contributed by atoms with Gasteiger partial charge in [-0.1, -0.05) is 27.5 Å². The van der Waals surface area contributed by atoms with Crippen LogP contribution in [-0.2, 0) is 0 Å². The van der Waals surface area contributed by atoms with E-state index in [1.807, 2.05) is 22.6 Å². The summed E-state index contributed by atoms with van der Waals surface area (Å²) >= 11 is 11.1. The first-order valence-electron chi connectivity index (χ1n) is 5.19. The minimum atomic E-state index is -0.492. The third kappa shape index (κ3) is 3.67. The average molecular weight is 454 g/mol. The van der Waals surface area contributed by atoms with Crippen LogP contribution in [0.5, 0.6) is 0 Å². The Balaban J connectivity index is 2.30. The van der Waals surface area contributed by atoms with Gasteiger partial charge in [0.05, 0.1) is 11.3 Å². The molecule has 2 aromatic rings. The monoisotopic (exact) mass is 453 g/mol. The summed E-state index contributed by atoms with van der Waals surface area (Å²) in [5, 5.41) is 2.99. The second-order valence-corrected chi connectivity index (χ2v) is 6.22. The minimum absolute atomic E-state index is 0.121. The number of halogens is 4. The van der Waals surface area contributed by atoms with E-state index >= 15 is 0 Å². The Hall–Kier alpha value is -0.660. The van der Waals surface area contributed by atoms with E-state index in [2.05, 4.69) is 21.2 Å². The first kappa shape index (κ1) is 14.7. The minimum Gasteiger partial charge on any atom is -0.319 e. The van der Waals surface area contributed by atoms with Gasteiger partial charge in [-0.25, -0.2) is 4.39 Å². The van der Waals surface area contributed by atoms with E-state index in [0.29, 0.717) is 15.1 Å². The maximum Gasteiger partial charge on any atom is 0.256 e. The van der Waals surface area contributed by atoms with Crippen molar-refractivity contribution < 1.29 is 9.18 Å². The third-order valence-corrected chi connectivity index (χ3v) is 4.02. The van der Waals surface area contributed by atoms with Crippen LogP contribution in [0.15, 0.2) is 40.9 Å². The van der Waals surface area contributed by atoms with Crippen molar-refractivity contribution in [3.05, 3.63) is 60.8 Å². The molecule has 2 rings (SSSR count). The van der Waals surface area contributed by atoms with E-state index < -0.39 is 11.7 Å². The fourth-order valence-corrected chi connectivity index (χ4v) is 2.57. The lowest BCUT2D eigenvalue weighted by atomic mass is 10.2. The van der Waals surface area contributed by atoms with Gasteiger partial charge < -0.3 is 5.32 Å². The standard InChI is InChI=1S/C13H7BrClFINO/c14-7-1-3-10(16)12(5-7)18-13(19)9-6-8(15)2-4-11(9)17/h1-6H,(H,18,19). The van der Waals surface area contributed by atoms with Gasteiger partial charge in [0.25, 0.3) is 5.91 Å². The molecule has 0 saturated carbocycles. The molecular weight excluding hydrogens is 447 g/mol. The molecule has 0 saturated heterocycles. The van der Waals surface area contributed by atoms with Gasteiger partial charge in [0.1, 0.15) is 5.82 Å². The Labute approximate surface area is 136 Å². The van der Waals surface area contributed by atoms with Gasteiger partial charge in [0, 0.05) is 13.1 Å². The maximum atomic E-state index is 13.6. The number of anilines is 1. The van der Waals surface area contributed by atoms with Crippen LogP contribution in [0.4, 0.5) is 10.1 Å². The van der Waals surface area contributed by atoms with E-state index in [-0.39, 0.29) is 5.69 Å². The van der Waals surface area contributed by atoms with E-state index in [1.165, 1.54) is 12.1 Å². The SMILES string of the molecule is O=C(Nc1cc(Br)ccc1F)c1cc(Cl)ccc1I. The molecular formula is C13H7BrClFINO. The molecule has 0 bridgehead atoms. The number of amides is 1. The number of carbonyl (C=O) groups is 1. The number of carbonyl (C=O) groups excluding carboxylic acids is 1. The zero-order valence-electron chi connectivity index (χ0n) is 9.38. The number of hydrogen-bond donors (Lipinski definition) is 1. The Bertz CT molecular complexity index is 651. The molecule has 0 atom stereocenters. The average Bonchev–Trinajstić information content (AvgIpc) is 2.36. The first-order valence-corrected chi connectivity index (χ1v) is 7.44. The van der Waals surface area contributed by atoms with Crippen LogP contribution < -0.4 is 5.32 Å². The van der Waals surface area contributed by atoms with Crippen LogP contribution >= 0.6 is 50.1 Å². The summed E-state index contributed by atoms with van der Waals surface area (Å²) in [6.07, 6.45) is 0. The third-order valence-electron chi connectivity index (χ3n) is 2.35. The van der Waals surface area contributed by atoms with Gasteiger partial charge in [-0.05, 0) is 59.0 Å². The highest BCUT2D eigenvalue weighted by atomic mass is 127. The molecule has 1 N–H and O–H groups in total. The van der Waals surface area contributed by atoms with Gasteiger partial charge in [-0.15, -0.1) is 0 Å². The molecule has 0 aliphatic carbocycles. The lowest BCUT2D eigenvalue weighted by Crippen LogP contribution is -2.14. The summed E-state index contributed by atoms with van der Waals surface area (Å²) in [4.78, 5) is 12.1. The molecule has 0 unspecified atom stereocenters. The van der Waals surface area contributed by atoms with Gasteiger partial charge in [0.15, 0.2) is 0 Å². The van der Waals surface area contributed by atoms with Crippen molar-refractivity contribution in [1.29, 1.82) is 0 Å². The summed E-state index contributed by atoms with van der Waals surface area (Å²) in [7, 11) is 0. The first-order chi connectivity index (χ1) is 8.97. The topological polar surface area (TPSA) is 29.1 Å². The van der Waals surface area contributed by atoms with Crippen LogP contribution in [0.25, 0.3) is 0 Å². The number of rotatable bonds is 2. The summed E-state index contributed by atoms with van der Waals surface area (Å²) in [6.45, 7) is 0. The molecule has 6 heteroatoms. The number of nitrogens with one attached hydrogen (secondary N) is 1. The van der Waals surface area contributed by atoms with Crippen molar-refractivity contribution in [2.24, 2.45) is 0 Å². The predicted molar refractivity (Wildman–Crippen MR) is 86.2 cm³/mol. The summed E-state index contributed by atoms with van der Waals surface area (Å²) in [5.41, 5.74) is 0.530. The van der Waals surface area contributed by atoms with Crippen molar-refractivity contribution in [2.45, 2.75) is 0 Å². The van der Waals surface area contributed by atoms with Crippen molar-refractivity contribution in [2.75, 3.05) is 5.32 Å². The maximum absolute atomic E-state index is 13.6.